The van der Waals surface area contributed by atoms with E-state index in [1.165, 1.54) is 23.1 Å². The molecule has 2 aromatic carbocycles. The van der Waals surface area contributed by atoms with Gasteiger partial charge < -0.3 is 5.32 Å². The van der Waals surface area contributed by atoms with Crippen molar-refractivity contribution in [1.29, 1.82) is 0 Å². The zero-order valence-corrected chi connectivity index (χ0v) is 25.6. The molecule has 0 saturated carbocycles. The van der Waals surface area contributed by atoms with Crippen LogP contribution < -0.4 is 10.0 Å². The number of sulfonamides is 1. The lowest BCUT2D eigenvalue weighted by Crippen LogP contribution is -2.44. The van der Waals surface area contributed by atoms with E-state index in [1.54, 1.807) is 12.1 Å². The molecular formula is C27H32Cl2N4O3S3. The Bertz CT molecular complexity index is 1380. The number of nitrogens with one attached hydrogen (secondary N) is 2. The molecule has 39 heavy (non-hydrogen) atoms. The first kappa shape index (κ1) is 30.1. The standard InChI is InChI=1S/C27H32Cl2N4O3S3/c1-2-3-13-39(35,36)32-22-6-4-5-20(15-22)25-17-37-27(31-25)38-18-26(34)30-21-9-11-33(12-10-21)16-19-7-8-23(28)24(29)14-19/h4-8,14-15,17,21,32H,2-3,9-13,16,18H2,1H3,(H,30,34). The van der Waals surface area contributed by atoms with Crippen LogP contribution in [0, 0.1) is 0 Å². The summed E-state index contributed by atoms with van der Waals surface area (Å²) in [6, 6.07) is 13.1. The SMILES string of the molecule is CCCCS(=O)(=O)Nc1cccc(-c2csc(SCC(=O)NC3CCN(Cc4ccc(Cl)c(Cl)c4)CC3)n2)c1. The Balaban J connectivity index is 1.22. The average molecular weight is 628 g/mol. The van der Waals surface area contributed by atoms with Crippen LogP contribution in [0.2, 0.25) is 10.0 Å². The van der Waals surface area contributed by atoms with Crippen LogP contribution in [0.15, 0.2) is 52.2 Å². The van der Waals surface area contributed by atoms with Crippen molar-refractivity contribution in [3.8, 4) is 11.3 Å². The van der Waals surface area contributed by atoms with Gasteiger partial charge in [0.25, 0.3) is 0 Å². The van der Waals surface area contributed by atoms with E-state index in [9.17, 15) is 13.2 Å². The zero-order chi connectivity index (χ0) is 27.8. The van der Waals surface area contributed by atoms with Gasteiger partial charge in [0, 0.05) is 42.3 Å². The number of likely N-dealkylation sites (tertiary alicyclic amines) is 1. The predicted octanol–water partition coefficient (Wildman–Crippen LogP) is 6.53. The molecule has 1 aliphatic heterocycles. The van der Waals surface area contributed by atoms with Crippen LogP contribution in [-0.4, -0.2) is 54.8 Å². The van der Waals surface area contributed by atoms with Gasteiger partial charge in [-0.05, 0) is 49.1 Å². The van der Waals surface area contributed by atoms with Crippen molar-refractivity contribution in [3.63, 3.8) is 0 Å². The Labute approximate surface area is 248 Å². The number of rotatable bonds is 12. The summed E-state index contributed by atoms with van der Waals surface area (Å²) in [7, 11) is -3.37. The number of thioether (sulfide) groups is 1. The molecule has 0 radical (unpaired) electrons. The van der Waals surface area contributed by atoms with Crippen molar-refractivity contribution in [3.05, 3.63) is 63.5 Å². The molecule has 7 nitrogen and oxygen atoms in total. The van der Waals surface area contributed by atoms with Crippen LogP contribution in [0.4, 0.5) is 5.69 Å². The lowest BCUT2D eigenvalue weighted by atomic mass is 10.0. The first-order valence-electron chi connectivity index (χ1n) is 12.9. The quantitative estimate of drug-likeness (QED) is 0.222. The number of benzene rings is 2. The van der Waals surface area contributed by atoms with Crippen molar-refractivity contribution in [2.24, 2.45) is 0 Å². The summed E-state index contributed by atoms with van der Waals surface area (Å²) in [5.74, 6) is 0.405. The first-order chi connectivity index (χ1) is 18.7. The second-order valence-corrected chi connectivity index (χ2v) is 14.2. The van der Waals surface area contributed by atoms with Gasteiger partial charge in [0.1, 0.15) is 0 Å². The molecular weight excluding hydrogens is 595 g/mol. The highest BCUT2D eigenvalue weighted by Gasteiger charge is 2.21. The fraction of sp³-hybridized carbons (Fsp3) is 0.407. The molecule has 0 unspecified atom stereocenters. The lowest BCUT2D eigenvalue weighted by molar-refractivity contribution is -0.119. The summed E-state index contributed by atoms with van der Waals surface area (Å²) in [5.41, 5.74) is 3.23. The maximum atomic E-state index is 12.6. The van der Waals surface area contributed by atoms with Gasteiger partial charge in [0.15, 0.2) is 4.34 Å². The van der Waals surface area contributed by atoms with Crippen molar-refractivity contribution >= 4 is 67.9 Å². The van der Waals surface area contributed by atoms with Gasteiger partial charge in [-0.2, -0.15) is 0 Å². The van der Waals surface area contributed by atoms with Crippen molar-refractivity contribution in [1.82, 2.24) is 15.2 Å². The van der Waals surface area contributed by atoms with Gasteiger partial charge in [-0.3, -0.25) is 14.4 Å². The number of piperidine rings is 1. The Morgan fingerprint density at radius 2 is 1.95 bits per heavy atom. The van der Waals surface area contributed by atoms with E-state index in [0.717, 1.165) is 60.1 Å². The molecule has 1 fully saturated rings. The number of hydrogen-bond acceptors (Lipinski definition) is 7. The third kappa shape index (κ3) is 9.37. The summed E-state index contributed by atoms with van der Waals surface area (Å²) in [5, 5.41) is 6.21. The van der Waals surface area contributed by atoms with Gasteiger partial charge >= 0.3 is 0 Å². The third-order valence-corrected chi connectivity index (χ3v) is 10.5. The van der Waals surface area contributed by atoms with Gasteiger partial charge in [-0.1, -0.05) is 66.5 Å². The van der Waals surface area contributed by atoms with Crippen LogP contribution in [0.5, 0.6) is 0 Å². The number of unbranched alkanes of at least 4 members (excludes halogenated alkanes) is 1. The van der Waals surface area contributed by atoms with E-state index in [-0.39, 0.29) is 17.7 Å². The fourth-order valence-electron chi connectivity index (χ4n) is 4.29. The van der Waals surface area contributed by atoms with E-state index < -0.39 is 10.0 Å². The molecule has 1 aliphatic rings. The van der Waals surface area contributed by atoms with Crippen molar-refractivity contribution in [2.75, 3.05) is 29.3 Å². The normalized spacial score (nSPS) is 14.8. The molecule has 1 saturated heterocycles. The van der Waals surface area contributed by atoms with Gasteiger partial charge in [-0.25, -0.2) is 13.4 Å². The van der Waals surface area contributed by atoms with Crippen LogP contribution in [0.3, 0.4) is 0 Å². The number of hydrogen-bond donors (Lipinski definition) is 2. The molecule has 2 heterocycles. The molecule has 2 N–H and O–H groups in total. The summed E-state index contributed by atoms with van der Waals surface area (Å²) in [4.78, 5) is 19.6. The van der Waals surface area contributed by atoms with Crippen LogP contribution in [0.1, 0.15) is 38.2 Å². The summed E-state index contributed by atoms with van der Waals surface area (Å²) >= 11 is 15.0. The highest BCUT2D eigenvalue weighted by molar-refractivity contribution is 8.01. The number of halogens is 2. The minimum atomic E-state index is -3.37. The minimum absolute atomic E-state index is 0.00293. The Hall–Kier alpha value is -1.82. The van der Waals surface area contributed by atoms with E-state index in [1.807, 2.05) is 42.6 Å². The molecule has 0 spiro atoms. The van der Waals surface area contributed by atoms with E-state index in [4.69, 9.17) is 23.2 Å². The van der Waals surface area contributed by atoms with Crippen LogP contribution >= 0.6 is 46.3 Å². The highest BCUT2D eigenvalue weighted by Crippen LogP contribution is 2.30. The number of anilines is 1. The van der Waals surface area contributed by atoms with Crippen molar-refractivity contribution in [2.45, 2.75) is 49.5 Å². The molecule has 210 valence electrons. The minimum Gasteiger partial charge on any atom is -0.353 e. The molecule has 12 heteroatoms. The summed E-state index contributed by atoms with van der Waals surface area (Å²) in [6.45, 7) is 4.58. The number of carbonyl (C=O) groups is 1. The topological polar surface area (TPSA) is 91.4 Å². The second-order valence-electron chi connectivity index (χ2n) is 9.51. The summed E-state index contributed by atoms with van der Waals surface area (Å²) < 4.78 is 27.9. The van der Waals surface area contributed by atoms with Crippen LogP contribution in [0.25, 0.3) is 11.3 Å². The molecule has 1 aromatic heterocycles. The second kappa shape index (κ2) is 14.2. The van der Waals surface area contributed by atoms with Crippen molar-refractivity contribution < 1.29 is 13.2 Å². The maximum Gasteiger partial charge on any atom is 0.232 e. The van der Waals surface area contributed by atoms with Gasteiger partial charge in [0.2, 0.25) is 15.9 Å². The fourth-order valence-corrected chi connectivity index (χ4v) is 7.52. The van der Waals surface area contributed by atoms with E-state index >= 15 is 0 Å². The highest BCUT2D eigenvalue weighted by atomic mass is 35.5. The number of thiazole rings is 1. The lowest BCUT2D eigenvalue weighted by Gasteiger charge is -2.32. The monoisotopic (exact) mass is 626 g/mol. The third-order valence-electron chi connectivity index (χ3n) is 6.35. The molecule has 1 amide bonds. The molecule has 3 aromatic rings. The summed E-state index contributed by atoms with van der Waals surface area (Å²) in [6.07, 6.45) is 3.24. The zero-order valence-electron chi connectivity index (χ0n) is 21.7. The first-order valence-corrected chi connectivity index (χ1v) is 17.1. The van der Waals surface area contributed by atoms with Gasteiger partial charge in [0.05, 0.1) is 27.2 Å². The largest absolute Gasteiger partial charge is 0.353 e. The average Bonchev–Trinajstić information content (AvgIpc) is 3.39. The van der Waals surface area contributed by atoms with E-state index in [2.05, 4.69) is 19.9 Å². The Morgan fingerprint density at radius 3 is 2.69 bits per heavy atom. The molecule has 0 atom stereocenters. The maximum absolute atomic E-state index is 12.6. The number of aromatic nitrogens is 1. The number of nitrogens with zero attached hydrogens (tertiary/aromatic N) is 2. The number of amides is 1. The Morgan fingerprint density at radius 1 is 1.15 bits per heavy atom. The number of carbonyl (C=O) groups excluding carboxylic acids is 1. The smallest absolute Gasteiger partial charge is 0.232 e. The predicted molar refractivity (Wildman–Crippen MR) is 163 cm³/mol. The molecule has 4 rings (SSSR count). The van der Waals surface area contributed by atoms with Gasteiger partial charge in [-0.15, -0.1) is 11.3 Å². The van der Waals surface area contributed by atoms with Crippen LogP contribution in [-0.2, 0) is 21.4 Å². The molecule has 0 bridgehead atoms. The van der Waals surface area contributed by atoms with E-state index in [0.29, 0.717) is 27.9 Å². The molecule has 0 aliphatic carbocycles. The Kier molecular flexibility index (Phi) is 11.0.